The van der Waals surface area contributed by atoms with E-state index in [1.165, 1.54) is 5.56 Å². The predicted molar refractivity (Wildman–Crippen MR) is 89.9 cm³/mol. The number of rotatable bonds is 5. The zero-order valence-electron chi connectivity index (χ0n) is 12.9. The van der Waals surface area contributed by atoms with Crippen molar-refractivity contribution in [2.75, 3.05) is 0 Å². The molecule has 21 heavy (non-hydrogen) atoms. The van der Waals surface area contributed by atoms with Gasteiger partial charge in [0.05, 0.1) is 0 Å². The fourth-order valence-corrected chi connectivity index (χ4v) is 2.17. The van der Waals surface area contributed by atoms with Gasteiger partial charge < -0.3 is 10.1 Å². The Bertz CT molecular complexity index is 626. The van der Waals surface area contributed by atoms with E-state index < -0.39 is 0 Å². The van der Waals surface area contributed by atoms with Gasteiger partial charge >= 0.3 is 0 Å². The standard InChI is InChI=1S/C17H21BrN2O/c1-11(2)19-10-14-5-8-17(20-13(14)4)21-15-6-7-16(18)12(3)9-15/h5-9,11,19H,10H2,1-4H3. The van der Waals surface area contributed by atoms with Crippen LogP contribution in [0.1, 0.15) is 30.7 Å². The SMILES string of the molecule is Cc1cc(Oc2ccc(CNC(C)C)c(C)n2)ccc1Br. The van der Waals surface area contributed by atoms with Crippen LogP contribution in [0.3, 0.4) is 0 Å². The van der Waals surface area contributed by atoms with Crippen molar-refractivity contribution in [3.63, 3.8) is 0 Å². The van der Waals surface area contributed by atoms with Crippen molar-refractivity contribution in [2.24, 2.45) is 0 Å². The zero-order valence-corrected chi connectivity index (χ0v) is 14.5. The fraction of sp³-hybridized carbons (Fsp3) is 0.353. The van der Waals surface area contributed by atoms with E-state index in [1.54, 1.807) is 0 Å². The average Bonchev–Trinajstić information content (AvgIpc) is 2.42. The topological polar surface area (TPSA) is 34.1 Å². The molecule has 0 saturated heterocycles. The molecule has 1 heterocycles. The molecule has 0 saturated carbocycles. The van der Waals surface area contributed by atoms with Crippen LogP contribution in [0.2, 0.25) is 0 Å². The molecule has 2 rings (SSSR count). The number of nitrogens with one attached hydrogen (secondary N) is 1. The molecule has 1 aromatic carbocycles. The van der Waals surface area contributed by atoms with Crippen LogP contribution >= 0.6 is 15.9 Å². The Hall–Kier alpha value is -1.39. The first kappa shape index (κ1) is 16.0. The van der Waals surface area contributed by atoms with Gasteiger partial charge in [0.1, 0.15) is 5.75 Å². The molecule has 1 aromatic heterocycles. The highest BCUT2D eigenvalue weighted by Crippen LogP contribution is 2.25. The van der Waals surface area contributed by atoms with E-state index in [-0.39, 0.29) is 0 Å². The Kier molecular flexibility index (Phi) is 5.37. The van der Waals surface area contributed by atoms with Crippen LogP contribution in [0.15, 0.2) is 34.8 Å². The normalized spacial score (nSPS) is 11.0. The zero-order chi connectivity index (χ0) is 15.4. The molecule has 0 bridgehead atoms. The van der Waals surface area contributed by atoms with Crippen LogP contribution in [-0.4, -0.2) is 11.0 Å². The average molecular weight is 349 g/mol. The molecule has 0 unspecified atom stereocenters. The summed E-state index contributed by atoms with van der Waals surface area (Å²) in [5, 5.41) is 3.40. The van der Waals surface area contributed by atoms with Gasteiger partial charge in [0.2, 0.25) is 5.88 Å². The molecule has 1 N–H and O–H groups in total. The number of benzene rings is 1. The van der Waals surface area contributed by atoms with Gasteiger partial charge in [-0.2, -0.15) is 0 Å². The summed E-state index contributed by atoms with van der Waals surface area (Å²) >= 11 is 3.49. The lowest BCUT2D eigenvalue weighted by Gasteiger charge is -2.12. The van der Waals surface area contributed by atoms with Gasteiger partial charge in [0.25, 0.3) is 0 Å². The van der Waals surface area contributed by atoms with Crippen molar-refractivity contribution in [3.8, 4) is 11.6 Å². The van der Waals surface area contributed by atoms with Crippen molar-refractivity contribution in [1.29, 1.82) is 0 Å². The molecule has 0 fully saturated rings. The summed E-state index contributed by atoms with van der Waals surface area (Å²) in [5.41, 5.74) is 3.33. The van der Waals surface area contributed by atoms with Crippen LogP contribution in [0.25, 0.3) is 0 Å². The third-order valence-corrected chi connectivity index (χ3v) is 4.11. The second-order valence-corrected chi connectivity index (χ2v) is 6.30. The van der Waals surface area contributed by atoms with E-state index in [1.807, 2.05) is 38.1 Å². The number of ether oxygens (including phenoxy) is 1. The number of aryl methyl sites for hydroxylation is 2. The smallest absolute Gasteiger partial charge is 0.219 e. The van der Waals surface area contributed by atoms with Crippen molar-refractivity contribution >= 4 is 15.9 Å². The number of aromatic nitrogens is 1. The highest BCUT2D eigenvalue weighted by Gasteiger charge is 2.05. The van der Waals surface area contributed by atoms with Crippen molar-refractivity contribution in [1.82, 2.24) is 10.3 Å². The van der Waals surface area contributed by atoms with Crippen LogP contribution in [0.5, 0.6) is 11.6 Å². The van der Waals surface area contributed by atoms with Crippen LogP contribution in [-0.2, 0) is 6.54 Å². The van der Waals surface area contributed by atoms with Gasteiger partial charge in [0.15, 0.2) is 0 Å². The molecule has 0 radical (unpaired) electrons. The first-order valence-corrected chi connectivity index (χ1v) is 7.89. The van der Waals surface area contributed by atoms with Crippen LogP contribution in [0.4, 0.5) is 0 Å². The molecule has 0 aliphatic carbocycles. The minimum absolute atomic E-state index is 0.464. The monoisotopic (exact) mass is 348 g/mol. The van der Waals surface area contributed by atoms with Crippen molar-refractivity contribution in [3.05, 3.63) is 51.6 Å². The summed E-state index contributed by atoms with van der Waals surface area (Å²) in [4.78, 5) is 4.52. The Morgan fingerprint density at radius 3 is 2.57 bits per heavy atom. The molecule has 0 aliphatic heterocycles. The molecule has 0 spiro atoms. The first-order chi connectivity index (χ1) is 9.95. The van der Waals surface area contributed by atoms with E-state index in [0.29, 0.717) is 11.9 Å². The summed E-state index contributed by atoms with van der Waals surface area (Å²) in [6.07, 6.45) is 0. The fourth-order valence-electron chi connectivity index (χ4n) is 1.93. The lowest BCUT2D eigenvalue weighted by Crippen LogP contribution is -2.22. The molecular weight excluding hydrogens is 328 g/mol. The van der Waals surface area contributed by atoms with Gasteiger partial charge in [-0.1, -0.05) is 35.8 Å². The second kappa shape index (κ2) is 7.05. The maximum atomic E-state index is 5.82. The highest BCUT2D eigenvalue weighted by atomic mass is 79.9. The van der Waals surface area contributed by atoms with Crippen molar-refractivity contribution < 1.29 is 4.74 Å². The van der Waals surface area contributed by atoms with Gasteiger partial charge in [-0.05, 0) is 43.2 Å². The molecule has 2 aromatic rings. The van der Waals surface area contributed by atoms with Gasteiger partial charge in [0, 0.05) is 28.8 Å². The number of nitrogens with zero attached hydrogens (tertiary/aromatic N) is 1. The second-order valence-electron chi connectivity index (χ2n) is 5.44. The molecular formula is C17H21BrN2O. The summed E-state index contributed by atoms with van der Waals surface area (Å²) in [6.45, 7) is 9.15. The van der Waals surface area contributed by atoms with E-state index in [9.17, 15) is 0 Å². The van der Waals surface area contributed by atoms with Gasteiger partial charge in [-0.15, -0.1) is 0 Å². The quantitative estimate of drug-likeness (QED) is 0.846. The first-order valence-electron chi connectivity index (χ1n) is 7.09. The lowest BCUT2D eigenvalue weighted by atomic mass is 10.2. The van der Waals surface area contributed by atoms with E-state index in [0.717, 1.165) is 28.0 Å². The number of halogens is 1. The largest absolute Gasteiger partial charge is 0.439 e. The summed E-state index contributed by atoms with van der Waals surface area (Å²) in [6, 6.07) is 10.4. The molecule has 0 amide bonds. The Balaban J connectivity index is 2.10. The molecule has 0 aliphatic rings. The van der Waals surface area contributed by atoms with Crippen LogP contribution < -0.4 is 10.1 Å². The summed E-state index contributed by atoms with van der Waals surface area (Å²) in [7, 11) is 0. The third-order valence-electron chi connectivity index (χ3n) is 3.22. The summed E-state index contributed by atoms with van der Waals surface area (Å²) in [5.74, 6) is 1.43. The predicted octanol–water partition coefficient (Wildman–Crippen LogP) is 4.75. The van der Waals surface area contributed by atoms with E-state index >= 15 is 0 Å². The van der Waals surface area contributed by atoms with Crippen molar-refractivity contribution in [2.45, 2.75) is 40.3 Å². The summed E-state index contributed by atoms with van der Waals surface area (Å²) < 4.78 is 6.90. The Morgan fingerprint density at radius 2 is 1.95 bits per heavy atom. The Morgan fingerprint density at radius 1 is 1.19 bits per heavy atom. The molecule has 4 heteroatoms. The molecule has 3 nitrogen and oxygen atoms in total. The van der Waals surface area contributed by atoms with E-state index in [2.05, 4.69) is 46.1 Å². The maximum absolute atomic E-state index is 5.82. The molecule has 0 atom stereocenters. The molecule has 112 valence electrons. The minimum atomic E-state index is 0.464. The highest BCUT2D eigenvalue weighted by molar-refractivity contribution is 9.10. The minimum Gasteiger partial charge on any atom is -0.439 e. The lowest BCUT2D eigenvalue weighted by molar-refractivity contribution is 0.460. The third kappa shape index (κ3) is 4.55. The Labute approximate surface area is 134 Å². The van der Waals surface area contributed by atoms with E-state index in [4.69, 9.17) is 4.74 Å². The number of hydrogen-bond donors (Lipinski definition) is 1. The number of pyridine rings is 1. The maximum Gasteiger partial charge on any atom is 0.219 e. The van der Waals surface area contributed by atoms with Crippen LogP contribution in [0, 0.1) is 13.8 Å². The van der Waals surface area contributed by atoms with Gasteiger partial charge in [-0.25, -0.2) is 4.98 Å². The number of hydrogen-bond acceptors (Lipinski definition) is 3. The van der Waals surface area contributed by atoms with Gasteiger partial charge in [-0.3, -0.25) is 0 Å².